The molecule has 0 unspecified atom stereocenters. The van der Waals surface area contributed by atoms with E-state index in [1.807, 2.05) is 13.8 Å². The molecular weight excluding hydrogens is 262 g/mol. The third kappa shape index (κ3) is 2.77. The minimum absolute atomic E-state index is 0.0566. The van der Waals surface area contributed by atoms with Crippen LogP contribution < -0.4 is 4.47 Å². The first-order valence-corrected chi connectivity index (χ1v) is 7.23. The molecule has 19 heavy (non-hydrogen) atoms. The molecule has 5 heteroatoms. The van der Waals surface area contributed by atoms with E-state index in [0.29, 0.717) is 4.47 Å². The highest BCUT2D eigenvalue weighted by atomic mass is 32.2. The number of anilines is 1. The Balaban J connectivity index is 2.39. The molecule has 4 nitrogen and oxygen atoms in total. The Morgan fingerprint density at radius 1 is 0.842 bits per heavy atom. The maximum Gasteiger partial charge on any atom is 0.286 e. The van der Waals surface area contributed by atoms with E-state index in [-0.39, 0.29) is 10.6 Å². The number of nitrogens with zero attached hydrogens (tertiary/aromatic N) is 1. The fraction of sp³-hybridized carbons (Fsp3) is 0.143. The first-order chi connectivity index (χ1) is 8.91. The van der Waals surface area contributed by atoms with E-state index < -0.39 is 10.0 Å². The zero-order valence-electron chi connectivity index (χ0n) is 10.7. The van der Waals surface area contributed by atoms with Crippen molar-refractivity contribution < 1.29 is 13.6 Å². The van der Waals surface area contributed by atoms with E-state index in [2.05, 4.69) is 0 Å². The van der Waals surface area contributed by atoms with Gasteiger partial charge in [-0.15, -0.1) is 4.47 Å². The largest absolute Gasteiger partial charge is 0.286 e. The third-order valence-corrected chi connectivity index (χ3v) is 4.34. The molecule has 2 rings (SSSR count). The van der Waals surface area contributed by atoms with Gasteiger partial charge >= 0.3 is 0 Å². The lowest BCUT2D eigenvalue weighted by atomic mass is 10.2. The third-order valence-electron chi connectivity index (χ3n) is 2.80. The van der Waals surface area contributed by atoms with Crippen LogP contribution in [-0.4, -0.2) is 13.6 Å². The van der Waals surface area contributed by atoms with Crippen molar-refractivity contribution in [2.24, 2.45) is 0 Å². The van der Waals surface area contributed by atoms with Crippen molar-refractivity contribution in [1.29, 1.82) is 0 Å². The van der Waals surface area contributed by atoms with E-state index in [0.717, 1.165) is 11.1 Å². The minimum atomic E-state index is -3.93. The lowest BCUT2D eigenvalue weighted by molar-refractivity contribution is 0.316. The van der Waals surface area contributed by atoms with Gasteiger partial charge < -0.3 is 0 Å². The van der Waals surface area contributed by atoms with E-state index in [4.69, 9.17) is 0 Å². The number of hydrogen-bond acceptors (Lipinski definition) is 3. The van der Waals surface area contributed by atoms with E-state index in [1.54, 1.807) is 36.4 Å². The Morgan fingerprint density at radius 3 is 1.74 bits per heavy atom. The van der Waals surface area contributed by atoms with Gasteiger partial charge in [0.15, 0.2) is 0 Å². The molecule has 0 aromatic heterocycles. The lowest BCUT2D eigenvalue weighted by Crippen LogP contribution is -2.27. The van der Waals surface area contributed by atoms with Crippen molar-refractivity contribution in [3.8, 4) is 0 Å². The van der Waals surface area contributed by atoms with Crippen LogP contribution in [0.4, 0.5) is 5.69 Å². The van der Waals surface area contributed by atoms with Gasteiger partial charge in [-0.05, 0) is 38.1 Å². The first kappa shape index (κ1) is 13.6. The van der Waals surface area contributed by atoms with Gasteiger partial charge in [0.25, 0.3) is 10.0 Å². The summed E-state index contributed by atoms with van der Waals surface area (Å²) < 4.78 is 24.7. The second kappa shape index (κ2) is 5.03. The number of sulfonamides is 1. The maximum absolute atomic E-state index is 12.2. The highest BCUT2D eigenvalue weighted by Gasteiger charge is 2.23. The Labute approximate surface area is 112 Å². The van der Waals surface area contributed by atoms with Gasteiger partial charge in [-0.1, -0.05) is 35.4 Å². The second-order valence-corrected chi connectivity index (χ2v) is 6.16. The highest BCUT2D eigenvalue weighted by Crippen LogP contribution is 2.22. The number of aryl methyl sites for hydroxylation is 2. The zero-order valence-corrected chi connectivity index (χ0v) is 11.6. The smallest absolute Gasteiger partial charge is 0.274 e. The van der Waals surface area contributed by atoms with E-state index >= 15 is 0 Å². The fourth-order valence-corrected chi connectivity index (χ4v) is 2.70. The van der Waals surface area contributed by atoms with Crippen LogP contribution in [0.5, 0.6) is 0 Å². The molecule has 2 aromatic rings. The summed E-state index contributed by atoms with van der Waals surface area (Å²) in [5, 5.41) is 9.91. The molecule has 0 heterocycles. The predicted octanol–water partition coefficient (Wildman–Crippen LogP) is 2.89. The second-order valence-electron chi connectivity index (χ2n) is 4.40. The predicted molar refractivity (Wildman–Crippen MR) is 73.8 cm³/mol. The average molecular weight is 277 g/mol. The number of benzene rings is 2. The van der Waals surface area contributed by atoms with Gasteiger partial charge in [0, 0.05) is 0 Å². The van der Waals surface area contributed by atoms with Crippen LogP contribution in [0.2, 0.25) is 0 Å². The van der Waals surface area contributed by atoms with Crippen LogP contribution in [0.15, 0.2) is 53.4 Å². The monoisotopic (exact) mass is 277 g/mol. The molecule has 0 aliphatic carbocycles. The molecule has 0 atom stereocenters. The Hall–Kier alpha value is -1.85. The molecule has 0 amide bonds. The van der Waals surface area contributed by atoms with Crippen molar-refractivity contribution >= 4 is 15.7 Å². The molecule has 0 spiro atoms. The Morgan fingerprint density at radius 2 is 1.26 bits per heavy atom. The molecular formula is C14H15NO3S. The molecule has 0 bridgehead atoms. The normalized spacial score (nSPS) is 11.3. The molecule has 0 fully saturated rings. The number of rotatable bonds is 3. The number of hydrogen-bond donors (Lipinski definition) is 1. The van der Waals surface area contributed by atoms with Crippen molar-refractivity contribution in [1.82, 2.24) is 0 Å². The van der Waals surface area contributed by atoms with Gasteiger partial charge in [-0.25, -0.2) is 0 Å². The minimum Gasteiger partial charge on any atom is -0.274 e. The standard InChI is InChI=1S/C14H15NO3S/c1-11-3-7-13(8-4-11)15(16)19(17,18)14-9-5-12(2)6-10-14/h3-10,16H,1-2H3. The first-order valence-electron chi connectivity index (χ1n) is 5.79. The SMILES string of the molecule is Cc1ccc(N(O)S(=O)(=O)c2ccc(C)cc2)cc1. The summed E-state index contributed by atoms with van der Waals surface area (Å²) in [5.41, 5.74) is 2.16. The van der Waals surface area contributed by atoms with Crippen LogP contribution in [-0.2, 0) is 10.0 Å². The fourth-order valence-electron chi connectivity index (χ4n) is 1.62. The maximum atomic E-state index is 12.2. The zero-order chi connectivity index (χ0) is 14.0. The van der Waals surface area contributed by atoms with Gasteiger partial charge in [0.2, 0.25) is 0 Å². The van der Waals surface area contributed by atoms with Gasteiger partial charge in [0.05, 0.1) is 10.6 Å². The summed E-state index contributed by atoms with van der Waals surface area (Å²) in [7, 11) is -3.93. The molecule has 2 aromatic carbocycles. The Bertz CT molecular complexity index is 661. The van der Waals surface area contributed by atoms with E-state index in [9.17, 15) is 13.6 Å². The molecule has 1 N–H and O–H groups in total. The van der Waals surface area contributed by atoms with E-state index in [1.165, 1.54) is 12.1 Å². The van der Waals surface area contributed by atoms with Crippen LogP contribution >= 0.6 is 0 Å². The lowest BCUT2D eigenvalue weighted by Gasteiger charge is -2.17. The summed E-state index contributed by atoms with van der Waals surface area (Å²) in [5.74, 6) is 0. The van der Waals surface area contributed by atoms with Crippen molar-refractivity contribution in [3.63, 3.8) is 0 Å². The van der Waals surface area contributed by atoms with Crippen LogP contribution in [0.3, 0.4) is 0 Å². The summed E-state index contributed by atoms with van der Waals surface area (Å²) in [6.07, 6.45) is 0. The molecule has 0 aliphatic heterocycles. The molecule has 0 saturated heterocycles. The average Bonchev–Trinajstić information content (AvgIpc) is 2.39. The summed E-state index contributed by atoms with van der Waals surface area (Å²) in [6.45, 7) is 3.76. The quantitative estimate of drug-likeness (QED) is 0.878. The van der Waals surface area contributed by atoms with Crippen molar-refractivity contribution in [2.45, 2.75) is 18.7 Å². The van der Waals surface area contributed by atoms with Crippen molar-refractivity contribution in [2.75, 3.05) is 4.47 Å². The van der Waals surface area contributed by atoms with Crippen molar-refractivity contribution in [3.05, 3.63) is 59.7 Å². The summed E-state index contributed by atoms with van der Waals surface area (Å²) in [6, 6.07) is 12.9. The highest BCUT2D eigenvalue weighted by molar-refractivity contribution is 7.92. The van der Waals surface area contributed by atoms with Crippen LogP contribution in [0, 0.1) is 13.8 Å². The van der Waals surface area contributed by atoms with Gasteiger partial charge in [-0.3, -0.25) is 5.21 Å². The molecule has 0 radical (unpaired) electrons. The molecule has 0 aliphatic rings. The van der Waals surface area contributed by atoms with Crippen LogP contribution in [0.25, 0.3) is 0 Å². The van der Waals surface area contributed by atoms with Gasteiger partial charge in [-0.2, -0.15) is 8.42 Å². The Kier molecular flexibility index (Phi) is 3.59. The molecule has 100 valence electrons. The summed E-state index contributed by atoms with van der Waals surface area (Å²) in [4.78, 5) is 0.0566. The topological polar surface area (TPSA) is 57.6 Å². The molecule has 0 saturated carbocycles. The summed E-state index contributed by atoms with van der Waals surface area (Å²) >= 11 is 0. The van der Waals surface area contributed by atoms with Crippen LogP contribution in [0.1, 0.15) is 11.1 Å². The van der Waals surface area contributed by atoms with Gasteiger partial charge in [0.1, 0.15) is 0 Å².